The van der Waals surface area contributed by atoms with Crippen molar-refractivity contribution in [3.63, 3.8) is 0 Å². The van der Waals surface area contributed by atoms with Crippen LogP contribution in [0.2, 0.25) is 0 Å². The number of amides is 3. The summed E-state index contributed by atoms with van der Waals surface area (Å²) in [4.78, 5) is 45.8. The van der Waals surface area contributed by atoms with Crippen molar-refractivity contribution in [2.45, 2.75) is 45.6 Å². The van der Waals surface area contributed by atoms with Gasteiger partial charge < -0.3 is 20.4 Å². The quantitative estimate of drug-likeness (QED) is 0.321. The molecule has 4 rings (SSSR count). The molecule has 1 aromatic carbocycles. The van der Waals surface area contributed by atoms with Crippen molar-refractivity contribution in [2.24, 2.45) is 5.92 Å². The van der Waals surface area contributed by atoms with Crippen LogP contribution >= 0.6 is 0 Å². The Balaban J connectivity index is 1.65. The maximum atomic E-state index is 13.7. The number of halogens is 1. The SMILES string of the molecule is C=C(F)C(=CC)n1cc(C(=O)NC2CCCC(CC)C(=O)Nc3cc(NC(=O)OC)ccc3-c3cnc2[nH]3)nn1. The highest BCUT2D eigenvalue weighted by molar-refractivity contribution is 5.98. The van der Waals surface area contributed by atoms with Gasteiger partial charge in [-0.25, -0.2) is 18.9 Å². The Morgan fingerprint density at radius 3 is 2.83 bits per heavy atom. The van der Waals surface area contributed by atoms with Gasteiger partial charge in [0, 0.05) is 17.2 Å². The third kappa shape index (κ3) is 6.25. The molecule has 2 unspecified atom stereocenters. The molecule has 0 saturated carbocycles. The van der Waals surface area contributed by atoms with Gasteiger partial charge in [0.05, 0.1) is 42.6 Å². The fraction of sp³-hybridized carbons (Fsp3) is 0.333. The van der Waals surface area contributed by atoms with Crippen LogP contribution in [-0.2, 0) is 9.53 Å². The molecule has 4 N–H and O–H groups in total. The molecule has 0 spiro atoms. The Kier molecular flexibility index (Phi) is 8.72. The Hall–Kier alpha value is -4.81. The van der Waals surface area contributed by atoms with E-state index >= 15 is 0 Å². The number of carbonyl (C=O) groups is 3. The van der Waals surface area contributed by atoms with Crippen LogP contribution in [-0.4, -0.2) is 50.0 Å². The minimum atomic E-state index is -0.704. The van der Waals surface area contributed by atoms with Gasteiger partial charge in [0.25, 0.3) is 5.91 Å². The van der Waals surface area contributed by atoms with Gasteiger partial charge >= 0.3 is 6.09 Å². The predicted octanol–water partition coefficient (Wildman–Crippen LogP) is 4.81. The first kappa shape index (κ1) is 28.2. The molecular weight excluding hydrogens is 519 g/mol. The lowest BCUT2D eigenvalue weighted by Crippen LogP contribution is -2.30. The maximum Gasteiger partial charge on any atom is 0.411 e. The minimum absolute atomic E-state index is 0.000268. The van der Waals surface area contributed by atoms with E-state index in [1.54, 1.807) is 31.3 Å². The van der Waals surface area contributed by atoms with Crippen LogP contribution < -0.4 is 16.0 Å². The minimum Gasteiger partial charge on any atom is -0.453 e. The number of nitrogens with one attached hydrogen (secondary N) is 4. The summed E-state index contributed by atoms with van der Waals surface area (Å²) in [5, 5.41) is 16.3. The van der Waals surface area contributed by atoms with Gasteiger partial charge in [-0.05, 0) is 44.4 Å². The van der Waals surface area contributed by atoms with E-state index in [2.05, 4.69) is 47.5 Å². The standard InChI is InChI=1S/C27H31FN8O4/c1-5-16-8-7-9-19(32-26(38)22-14-36(35-34-22)23(6-2)15(3)28)24-29-13-21(31-24)18-11-10-17(30-27(39)40-4)12-20(18)33-25(16)37/h6,10-14,16,19H,3,5,7-9H2,1-2,4H3,(H,29,31)(H,30,39)(H,32,38)(H,33,37). The average molecular weight is 551 g/mol. The molecule has 2 aromatic heterocycles. The number of anilines is 2. The second-order valence-electron chi connectivity index (χ2n) is 9.24. The van der Waals surface area contributed by atoms with E-state index in [-0.39, 0.29) is 23.2 Å². The second-order valence-corrected chi connectivity index (χ2v) is 9.24. The van der Waals surface area contributed by atoms with Crippen molar-refractivity contribution in [3.05, 3.63) is 60.6 Å². The highest BCUT2D eigenvalue weighted by Gasteiger charge is 2.25. The number of rotatable bonds is 6. The van der Waals surface area contributed by atoms with Gasteiger partial charge in [0.15, 0.2) is 5.69 Å². The summed E-state index contributed by atoms with van der Waals surface area (Å²) >= 11 is 0. The van der Waals surface area contributed by atoms with Crippen LogP contribution in [0.5, 0.6) is 0 Å². The molecule has 1 aliphatic heterocycles. The Morgan fingerprint density at radius 1 is 1.32 bits per heavy atom. The predicted molar refractivity (Wildman–Crippen MR) is 147 cm³/mol. The molecule has 3 heterocycles. The number of aromatic nitrogens is 5. The van der Waals surface area contributed by atoms with Gasteiger partial charge in [-0.1, -0.05) is 31.2 Å². The molecule has 2 atom stereocenters. The third-order valence-electron chi connectivity index (χ3n) is 6.66. The van der Waals surface area contributed by atoms with Crippen LogP contribution in [0.1, 0.15) is 61.9 Å². The number of allylic oxidation sites excluding steroid dienone is 3. The molecule has 0 aliphatic carbocycles. The molecule has 40 heavy (non-hydrogen) atoms. The van der Waals surface area contributed by atoms with Gasteiger partial charge in [0.2, 0.25) is 5.91 Å². The number of fused-ring (bicyclic) bond motifs is 4. The van der Waals surface area contributed by atoms with E-state index in [9.17, 15) is 18.8 Å². The lowest BCUT2D eigenvalue weighted by molar-refractivity contribution is -0.120. The van der Waals surface area contributed by atoms with Crippen LogP contribution in [0.4, 0.5) is 20.6 Å². The zero-order chi connectivity index (χ0) is 28.8. The average Bonchev–Trinajstić information content (AvgIpc) is 3.61. The fourth-order valence-corrected chi connectivity index (χ4v) is 4.51. The normalized spacial score (nSPS) is 17.5. The highest BCUT2D eigenvalue weighted by atomic mass is 19.1. The van der Waals surface area contributed by atoms with Crippen molar-refractivity contribution in [1.29, 1.82) is 0 Å². The van der Waals surface area contributed by atoms with Crippen LogP contribution in [0.25, 0.3) is 17.0 Å². The number of ether oxygens (including phenoxy) is 1. The summed E-state index contributed by atoms with van der Waals surface area (Å²) in [5.74, 6) is -1.11. The first-order chi connectivity index (χ1) is 19.2. The Bertz CT molecular complexity index is 1460. The topological polar surface area (TPSA) is 156 Å². The van der Waals surface area contributed by atoms with Crippen LogP contribution in [0.3, 0.4) is 0 Å². The lowest BCUT2D eigenvalue weighted by atomic mass is 9.95. The zero-order valence-electron chi connectivity index (χ0n) is 22.5. The van der Waals surface area contributed by atoms with E-state index < -0.39 is 23.9 Å². The first-order valence-corrected chi connectivity index (χ1v) is 12.8. The molecular formula is C27H31FN8O4. The molecule has 210 valence electrons. The van der Waals surface area contributed by atoms with Crippen LogP contribution in [0, 0.1) is 5.92 Å². The molecule has 2 bridgehead atoms. The largest absolute Gasteiger partial charge is 0.453 e. The summed E-state index contributed by atoms with van der Waals surface area (Å²) < 4.78 is 19.5. The number of aromatic amines is 1. The maximum absolute atomic E-state index is 13.7. The van der Waals surface area contributed by atoms with Crippen molar-refractivity contribution in [2.75, 3.05) is 17.7 Å². The smallest absolute Gasteiger partial charge is 0.411 e. The van der Waals surface area contributed by atoms with E-state index in [0.29, 0.717) is 54.1 Å². The molecule has 0 fully saturated rings. The fourth-order valence-electron chi connectivity index (χ4n) is 4.51. The number of hydrogen-bond donors (Lipinski definition) is 4. The number of hydrogen-bond acceptors (Lipinski definition) is 7. The molecule has 13 heteroatoms. The molecule has 1 aliphatic rings. The van der Waals surface area contributed by atoms with Gasteiger partial charge in [-0.3, -0.25) is 14.9 Å². The lowest BCUT2D eigenvalue weighted by Gasteiger charge is -2.21. The van der Waals surface area contributed by atoms with Gasteiger partial charge in [-0.2, -0.15) is 0 Å². The molecule has 12 nitrogen and oxygen atoms in total. The monoisotopic (exact) mass is 550 g/mol. The molecule has 0 radical (unpaired) electrons. The highest BCUT2D eigenvalue weighted by Crippen LogP contribution is 2.33. The Morgan fingerprint density at radius 2 is 2.12 bits per heavy atom. The number of methoxy groups -OCH3 is 1. The summed E-state index contributed by atoms with van der Waals surface area (Å²) in [6, 6.07) is 4.55. The van der Waals surface area contributed by atoms with Crippen LogP contribution in [0.15, 0.2) is 49.1 Å². The van der Waals surface area contributed by atoms with E-state index in [4.69, 9.17) is 0 Å². The van der Waals surface area contributed by atoms with Gasteiger partial charge in [0.1, 0.15) is 11.7 Å². The number of benzene rings is 1. The van der Waals surface area contributed by atoms with E-state index in [1.807, 2.05) is 6.92 Å². The van der Waals surface area contributed by atoms with Crippen molar-refractivity contribution in [3.8, 4) is 11.3 Å². The zero-order valence-corrected chi connectivity index (χ0v) is 22.5. The number of carbonyl (C=O) groups excluding carboxylic acids is 3. The van der Waals surface area contributed by atoms with Gasteiger partial charge in [-0.15, -0.1) is 5.10 Å². The molecule has 3 aromatic rings. The van der Waals surface area contributed by atoms with Crippen molar-refractivity contribution < 1.29 is 23.5 Å². The van der Waals surface area contributed by atoms with Crippen molar-refractivity contribution >= 4 is 35.0 Å². The van der Waals surface area contributed by atoms with E-state index in [0.717, 1.165) is 4.68 Å². The molecule has 0 saturated heterocycles. The summed E-state index contributed by atoms with van der Waals surface area (Å²) in [5.41, 5.74) is 2.27. The first-order valence-electron chi connectivity index (χ1n) is 12.8. The van der Waals surface area contributed by atoms with E-state index in [1.165, 1.54) is 19.4 Å². The summed E-state index contributed by atoms with van der Waals surface area (Å²) in [6.07, 6.45) is 6.11. The number of H-pyrrole nitrogens is 1. The number of imidazole rings is 1. The number of nitrogens with zero attached hydrogens (tertiary/aromatic N) is 4. The Labute approximate surface area is 230 Å². The molecule has 3 amide bonds. The summed E-state index contributed by atoms with van der Waals surface area (Å²) in [6.45, 7) is 6.84. The third-order valence-corrected chi connectivity index (χ3v) is 6.66. The summed E-state index contributed by atoms with van der Waals surface area (Å²) in [7, 11) is 1.26. The second kappa shape index (κ2) is 12.4. The van der Waals surface area contributed by atoms with Crippen molar-refractivity contribution in [1.82, 2.24) is 30.3 Å².